The van der Waals surface area contributed by atoms with Gasteiger partial charge in [-0.15, -0.1) is 0 Å². The first kappa shape index (κ1) is 9.47. The summed E-state index contributed by atoms with van der Waals surface area (Å²) in [6.45, 7) is 2.21. The molecule has 0 radical (unpaired) electrons. The van der Waals surface area contributed by atoms with E-state index in [0.29, 0.717) is 6.04 Å². The number of benzene rings is 1. The summed E-state index contributed by atoms with van der Waals surface area (Å²) >= 11 is 0. The van der Waals surface area contributed by atoms with Crippen molar-refractivity contribution < 1.29 is 0 Å². The Labute approximate surface area is 85.8 Å². The van der Waals surface area contributed by atoms with Crippen LogP contribution in [0.1, 0.15) is 25.3 Å². The van der Waals surface area contributed by atoms with Crippen molar-refractivity contribution in [1.82, 2.24) is 5.32 Å². The van der Waals surface area contributed by atoms with Crippen LogP contribution in [-0.4, -0.2) is 12.1 Å². The highest BCUT2D eigenvalue weighted by atomic mass is 15.0. The normalized spacial score (nSPS) is 18.6. The van der Waals surface area contributed by atoms with E-state index in [-0.39, 0.29) is 0 Å². The smallest absolute Gasteiger partial charge is 0.0227 e. The van der Waals surface area contributed by atoms with Crippen LogP contribution in [0, 0.1) is 0 Å². The number of rotatable bonds is 4. The topological polar surface area (TPSA) is 12.0 Å². The van der Waals surface area contributed by atoms with Gasteiger partial charge in [0.25, 0.3) is 0 Å². The number of hydrogen-bond acceptors (Lipinski definition) is 1. The van der Waals surface area contributed by atoms with E-state index in [0.717, 1.165) is 6.04 Å². The fourth-order valence-corrected chi connectivity index (χ4v) is 1.50. The maximum absolute atomic E-state index is 3.54. The molecule has 0 saturated heterocycles. The van der Waals surface area contributed by atoms with Crippen LogP contribution >= 0.6 is 0 Å². The van der Waals surface area contributed by atoms with Gasteiger partial charge in [-0.25, -0.2) is 0 Å². The average Bonchev–Trinajstić information content (AvgIpc) is 3.00. The Balaban J connectivity index is 1.86. The molecule has 1 aromatic rings. The van der Waals surface area contributed by atoms with E-state index in [4.69, 9.17) is 0 Å². The van der Waals surface area contributed by atoms with Crippen LogP contribution in [0.15, 0.2) is 36.4 Å². The van der Waals surface area contributed by atoms with Crippen LogP contribution in [0.2, 0.25) is 0 Å². The zero-order valence-electron chi connectivity index (χ0n) is 8.61. The number of nitrogens with one attached hydrogen (secondary N) is 1. The summed E-state index contributed by atoms with van der Waals surface area (Å²) in [6, 6.07) is 11.7. The lowest BCUT2D eigenvalue weighted by atomic mass is 10.2. The Bertz CT molecular complexity index is 298. The maximum atomic E-state index is 3.54. The second-order valence-electron chi connectivity index (χ2n) is 4.00. The zero-order chi connectivity index (χ0) is 9.80. The first-order chi connectivity index (χ1) is 6.84. The van der Waals surface area contributed by atoms with E-state index in [2.05, 4.69) is 48.7 Å². The molecule has 2 rings (SSSR count). The lowest BCUT2D eigenvalue weighted by Crippen LogP contribution is -2.25. The molecule has 0 aliphatic heterocycles. The van der Waals surface area contributed by atoms with Gasteiger partial charge < -0.3 is 5.32 Å². The van der Waals surface area contributed by atoms with Crippen molar-refractivity contribution in [3.05, 3.63) is 42.0 Å². The second kappa shape index (κ2) is 4.43. The average molecular weight is 187 g/mol. The van der Waals surface area contributed by atoms with Crippen molar-refractivity contribution in [2.24, 2.45) is 0 Å². The third-order valence-corrected chi connectivity index (χ3v) is 2.45. The van der Waals surface area contributed by atoms with Gasteiger partial charge in [-0.1, -0.05) is 42.5 Å². The van der Waals surface area contributed by atoms with Crippen LogP contribution in [0.4, 0.5) is 0 Å². The molecule has 0 amide bonds. The predicted octanol–water partition coefficient (Wildman–Crippen LogP) is 2.84. The second-order valence-corrected chi connectivity index (χ2v) is 4.00. The third-order valence-electron chi connectivity index (χ3n) is 2.45. The van der Waals surface area contributed by atoms with E-state index in [1.807, 2.05) is 6.07 Å². The minimum absolute atomic E-state index is 0.489. The highest BCUT2D eigenvalue weighted by molar-refractivity contribution is 5.49. The molecule has 1 saturated carbocycles. The first-order valence-electron chi connectivity index (χ1n) is 5.34. The molecule has 1 unspecified atom stereocenters. The minimum Gasteiger partial charge on any atom is -0.308 e. The van der Waals surface area contributed by atoms with E-state index >= 15 is 0 Å². The van der Waals surface area contributed by atoms with Crippen molar-refractivity contribution in [2.45, 2.75) is 31.8 Å². The SMILES string of the molecule is CC(/C=C/c1ccccc1)NC1CC1. The highest BCUT2D eigenvalue weighted by Gasteiger charge is 2.21. The third kappa shape index (κ3) is 3.00. The molecule has 1 atom stereocenters. The lowest BCUT2D eigenvalue weighted by Gasteiger charge is -2.06. The molecule has 1 aromatic carbocycles. The Morgan fingerprint density at radius 1 is 1.29 bits per heavy atom. The van der Waals surface area contributed by atoms with E-state index < -0.39 is 0 Å². The van der Waals surface area contributed by atoms with Gasteiger partial charge in [-0.2, -0.15) is 0 Å². The molecular weight excluding hydrogens is 170 g/mol. The highest BCUT2D eigenvalue weighted by Crippen LogP contribution is 2.19. The zero-order valence-corrected chi connectivity index (χ0v) is 8.61. The van der Waals surface area contributed by atoms with Gasteiger partial charge in [0.2, 0.25) is 0 Å². The van der Waals surface area contributed by atoms with Crippen molar-refractivity contribution in [2.75, 3.05) is 0 Å². The van der Waals surface area contributed by atoms with Crippen molar-refractivity contribution in [1.29, 1.82) is 0 Å². The minimum atomic E-state index is 0.489. The summed E-state index contributed by atoms with van der Waals surface area (Å²) in [5.41, 5.74) is 1.27. The lowest BCUT2D eigenvalue weighted by molar-refractivity contribution is 0.630. The van der Waals surface area contributed by atoms with Crippen LogP contribution < -0.4 is 5.32 Å². The summed E-state index contributed by atoms with van der Waals surface area (Å²) in [5, 5.41) is 3.54. The largest absolute Gasteiger partial charge is 0.308 e. The van der Waals surface area contributed by atoms with E-state index in [9.17, 15) is 0 Å². The fraction of sp³-hybridized carbons (Fsp3) is 0.385. The van der Waals surface area contributed by atoms with E-state index in [1.165, 1.54) is 18.4 Å². The van der Waals surface area contributed by atoms with Gasteiger partial charge in [-0.05, 0) is 25.3 Å². The molecule has 1 aliphatic carbocycles. The molecule has 1 aliphatic rings. The van der Waals surface area contributed by atoms with Crippen molar-refractivity contribution in [3.63, 3.8) is 0 Å². The van der Waals surface area contributed by atoms with Gasteiger partial charge in [0.05, 0.1) is 0 Å². The Hall–Kier alpha value is -1.08. The standard InChI is InChI=1S/C13H17N/c1-11(14-13-9-10-13)7-8-12-5-3-2-4-6-12/h2-8,11,13-14H,9-10H2,1H3/b8-7+. The molecule has 1 nitrogen and oxygen atoms in total. The van der Waals surface area contributed by atoms with Gasteiger partial charge >= 0.3 is 0 Å². The Morgan fingerprint density at radius 3 is 2.64 bits per heavy atom. The summed E-state index contributed by atoms with van der Waals surface area (Å²) in [7, 11) is 0. The molecule has 0 heterocycles. The van der Waals surface area contributed by atoms with Crippen LogP contribution in [0.5, 0.6) is 0 Å². The Kier molecular flexibility index (Phi) is 3.00. The van der Waals surface area contributed by atoms with Gasteiger partial charge in [-0.3, -0.25) is 0 Å². The molecule has 74 valence electrons. The first-order valence-corrected chi connectivity index (χ1v) is 5.34. The summed E-state index contributed by atoms with van der Waals surface area (Å²) in [5.74, 6) is 0. The van der Waals surface area contributed by atoms with Crippen LogP contribution in [0.3, 0.4) is 0 Å². The van der Waals surface area contributed by atoms with Crippen LogP contribution in [-0.2, 0) is 0 Å². The molecular formula is C13H17N. The Morgan fingerprint density at radius 2 is 2.00 bits per heavy atom. The quantitative estimate of drug-likeness (QED) is 0.764. The van der Waals surface area contributed by atoms with E-state index in [1.54, 1.807) is 0 Å². The molecule has 0 spiro atoms. The molecule has 0 aromatic heterocycles. The van der Waals surface area contributed by atoms with Crippen LogP contribution in [0.25, 0.3) is 6.08 Å². The number of hydrogen-bond donors (Lipinski definition) is 1. The molecule has 1 N–H and O–H groups in total. The molecule has 0 bridgehead atoms. The predicted molar refractivity (Wildman–Crippen MR) is 61.1 cm³/mol. The summed E-state index contributed by atoms with van der Waals surface area (Å²) in [6.07, 6.45) is 7.11. The molecule has 14 heavy (non-hydrogen) atoms. The van der Waals surface area contributed by atoms with Crippen molar-refractivity contribution >= 4 is 6.08 Å². The summed E-state index contributed by atoms with van der Waals surface area (Å²) < 4.78 is 0. The monoisotopic (exact) mass is 187 g/mol. The van der Waals surface area contributed by atoms with Gasteiger partial charge in [0.15, 0.2) is 0 Å². The van der Waals surface area contributed by atoms with Gasteiger partial charge in [0, 0.05) is 12.1 Å². The van der Waals surface area contributed by atoms with Gasteiger partial charge in [0.1, 0.15) is 0 Å². The molecule has 1 fully saturated rings. The van der Waals surface area contributed by atoms with Crippen molar-refractivity contribution in [3.8, 4) is 0 Å². The maximum Gasteiger partial charge on any atom is 0.0227 e. The summed E-state index contributed by atoms with van der Waals surface area (Å²) in [4.78, 5) is 0. The fourth-order valence-electron chi connectivity index (χ4n) is 1.50. The molecule has 1 heteroatoms.